The zero-order chi connectivity index (χ0) is 18.1. The zero-order valence-corrected chi connectivity index (χ0v) is 14.8. The lowest BCUT2D eigenvalue weighted by Crippen LogP contribution is -2.11. The minimum Gasteiger partial charge on any atom is -0.436 e. The topological polar surface area (TPSA) is 68.0 Å². The number of carbonyl (C=O) groups is 1. The van der Waals surface area contributed by atoms with Crippen molar-refractivity contribution in [3.05, 3.63) is 76.5 Å². The van der Waals surface area contributed by atoms with Crippen LogP contribution in [0.15, 0.2) is 65.3 Å². The summed E-state index contributed by atoms with van der Waals surface area (Å²) in [6.07, 6.45) is 3.21. The van der Waals surface area contributed by atoms with Crippen molar-refractivity contribution in [2.24, 2.45) is 0 Å². The van der Waals surface area contributed by atoms with E-state index in [-0.39, 0.29) is 5.91 Å². The molecule has 2 aromatic carbocycles. The molecular weight excluding hydrogens is 373 g/mol. The van der Waals surface area contributed by atoms with Crippen LogP contribution in [0.4, 0.5) is 5.69 Å². The molecule has 0 bridgehead atoms. The van der Waals surface area contributed by atoms with Gasteiger partial charge in [0.2, 0.25) is 5.89 Å². The summed E-state index contributed by atoms with van der Waals surface area (Å²) in [6.45, 7) is 0. The number of hydrogen-bond donors (Lipinski definition) is 1. The van der Waals surface area contributed by atoms with Crippen LogP contribution in [-0.4, -0.2) is 15.9 Å². The predicted octanol–water partition coefficient (Wildman–Crippen LogP) is 5.45. The highest BCUT2D eigenvalue weighted by atomic mass is 35.5. The number of anilines is 1. The van der Waals surface area contributed by atoms with Crippen LogP contribution in [0.2, 0.25) is 10.0 Å². The zero-order valence-electron chi connectivity index (χ0n) is 13.2. The summed E-state index contributed by atoms with van der Waals surface area (Å²) in [4.78, 5) is 20.8. The third-order valence-corrected chi connectivity index (χ3v) is 4.12. The number of halogens is 2. The molecule has 1 amide bonds. The van der Waals surface area contributed by atoms with Crippen molar-refractivity contribution in [3.8, 4) is 11.5 Å². The number of hydrogen-bond acceptors (Lipinski definition) is 4. The molecule has 2 aromatic heterocycles. The Labute approximate surface area is 158 Å². The van der Waals surface area contributed by atoms with E-state index in [0.717, 1.165) is 0 Å². The fourth-order valence-electron chi connectivity index (χ4n) is 2.51. The number of fused-ring (bicyclic) bond motifs is 1. The van der Waals surface area contributed by atoms with E-state index < -0.39 is 0 Å². The molecule has 0 radical (unpaired) electrons. The fourth-order valence-corrected chi connectivity index (χ4v) is 3.03. The van der Waals surface area contributed by atoms with E-state index in [4.69, 9.17) is 27.6 Å². The number of rotatable bonds is 3. The molecule has 128 valence electrons. The molecule has 5 nitrogen and oxygen atoms in total. The van der Waals surface area contributed by atoms with Gasteiger partial charge in [-0.2, -0.15) is 0 Å². The van der Waals surface area contributed by atoms with Crippen LogP contribution in [0.3, 0.4) is 0 Å². The van der Waals surface area contributed by atoms with Gasteiger partial charge < -0.3 is 9.73 Å². The minimum atomic E-state index is -0.261. The lowest BCUT2D eigenvalue weighted by Gasteiger charge is -2.03. The monoisotopic (exact) mass is 383 g/mol. The molecule has 0 atom stereocenters. The smallest absolute Gasteiger partial charge is 0.255 e. The van der Waals surface area contributed by atoms with Crippen LogP contribution in [-0.2, 0) is 0 Å². The Kier molecular flexibility index (Phi) is 4.32. The summed E-state index contributed by atoms with van der Waals surface area (Å²) < 4.78 is 5.78. The van der Waals surface area contributed by atoms with Crippen LogP contribution >= 0.6 is 23.2 Å². The van der Waals surface area contributed by atoms with Gasteiger partial charge in [0.05, 0.1) is 11.9 Å². The highest BCUT2D eigenvalue weighted by molar-refractivity contribution is 6.35. The third kappa shape index (κ3) is 3.40. The molecule has 26 heavy (non-hydrogen) atoms. The third-order valence-electron chi connectivity index (χ3n) is 3.68. The van der Waals surface area contributed by atoms with Gasteiger partial charge in [0.1, 0.15) is 5.52 Å². The number of nitrogens with one attached hydrogen (secondary N) is 1. The van der Waals surface area contributed by atoms with Crippen LogP contribution < -0.4 is 5.32 Å². The predicted molar refractivity (Wildman–Crippen MR) is 102 cm³/mol. The maximum atomic E-state index is 12.4. The van der Waals surface area contributed by atoms with Crippen molar-refractivity contribution in [1.29, 1.82) is 0 Å². The number of aromatic nitrogens is 2. The van der Waals surface area contributed by atoms with Gasteiger partial charge in [-0.3, -0.25) is 9.78 Å². The molecule has 2 heterocycles. The van der Waals surface area contributed by atoms with Crippen molar-refractivity contribution in [1.82, 2.24) is 9.97 Å². The van der Waals surface area contributed by atoms with E-state index in [0.29, 0.717) is 43.9 Å². The number of oxazole rings is 1. The Morgan fingerprint density at radius 1 is 1.04 bits per heavy atom. The summed E-state index contributed by atoms with van der Waals surface area (Å²) in [5.74, 6) is 0.123. The number of nitrogens with zero attached hydrogens (tertiary/aromatic N) is 2. The molecule has 4 rings (SSSR count). The van der Waals surface area contributed by atoms with E-state index in [1.165, 1.54) is 0 Å². The molecule has 1 N–H and O–H groups in total. The second kappa shape index (κ2) is 6.78. The summed E-state index contributed by atoms with van der Waals surface area (Å²) >= 11 is 12.1. The summed E-state index contributed by atoms with van der Waals surface area (Å²) in [5.41, 5.74) is 2.86. The summed E-state index contributed by atoms with van der Waals surface area (Å²) in [7, 11) is 0. The first-order valence-corrected chi connectivity index (χ1v) is 8.42. The lowest BCUT2D eigenvalue weighted by molar-refractivity contribution is 0.102. The largest absolute Gasteiger partial charge is 0.436 e. The normalized spacial score (nSPS) is 10.8. The van der Waals surface area contributed by atoms with Crippen molar-refractivity contribution in [2.45, 2.75) is 0 Å². The van der Waals surface area contributed by atoms with Gasteiger partial charge in [0.25, 0.3) is 5.91 Å². The standard InChI is InChI=1S/C19H11Cl2N3O2/c20-13-6-12(7-14(21)9-13)19-24-16-4-3-11(8-17(16)26-19)18(25)23-15-2-1-5-22-10-15/h1-10H,(H,23,25). The van der Waals surface area contributed by atoms with Crippen LogP contribution in [0.1, 0.15) is 10.4 Å². The fraction of sp³-hybridized carbons (Fsp3) is 0. The second-order valence-electron chi connectivity index (χ2n) is 5.56. The molecule has 0 saturated heterocycles. The van der Waals surface area contributed by atoms with Crippen molar-refractivity contribution >= 4 is 45.9 Å². The number of benzene rings is 2. The van der Waals surface area contributed by atoms with Gasteiger partial charge >= 0.3 is 0 Å². The molecule has 0 saturated carbocycles. The van der Waals surface area contributed by atoms with Gasteiger partial charge in [0.15, 0.2) is 5.58 Å². The lowest BCUT2D eigenvalue weighted by atomic mass is 10.2. The van der Waals surface area contributed by atoms with Gasteiger partial charge in [-0.25, -0.2) is 4.98 Å². The Bertz CT molecular complexity index is 1090. The molecule has 0 fully saturated rings. The minimum absolute atomic E-state index is 0.261. The van der Waals surface area contributed by atoms with E-state index in [1.807, 2.05) is 0 Å². The van der Waals surface area contributed by atoms with Gasteiger partial charge in [-0.1, -0.05) is 23.2 Å². The average molecular weight is 384 g/mol. The maximum Gasteiger partial charge on any atom is 0.255 e. The summed E-state index contributed by atoms with van der Waals surface area (Å²) in [5, 5.41) is 3.76. The van der Waals surface area contributed by atoms with Crippen molar-refractivity contribution < 1.29 is 9.21 Å². The van der Waals surface area contributed by atoms with E-state index in [2.05, 4.69) is 15.3 Å². The number of carbonyl (C=O) groups excluding carboxylic acids is 1. The van der Waals surface area contributed by atoms with Gasteiger partial charge in [-0.05, 0) is 48.5 Å². The van der Waals surface area contributed by atoms with Crippen LogP contribution in [0, 0.1) is 0 Å². The van der Waals surface area contributed by atoms with E-state index in [1.54, 1.807) is 60.9 Å². The molecule has 0 aliphatic heterocycles. The van der Waals surface area contributed by atoms with Crippen molar-refractivity contribution in [3.63, 3.8) is 0 Å². The highest BCUT2D eigenvalue weighted by Gasteiger charge is 2.13. The Morgan fingerprint density at radius 2 is 1.85 bits per heavy atom. The summed E-state index contributed by atoms with van der Waals surface area (Å²) in [6, 6.07) is 13.6. The van der Waals surface area contributed by atoms with Gasteiger partial charge in [-0.15, -0.1) is 0 Å². The Morgan fingerprint density at radius 3 is 2.58 bits per heavy atom. The molecular formula is C19H11Cl2N3O2. The molecule has 0 aliphatic carbocycles. The van der Waals surface area contributed by atoms with Crippen LogP contribution in [0.5, 0.6) is 0 Å². The van der Waals surface area contributed by atoms with E-state index >= 15 is 0 Å². The quantitative estimate of drug-likeness (QED) is 0.510. The van der Waals surface area contributed by atoms with E-state index in [9.17, 15) is 4.79 Å². The molecule has 7 heteroatoms. The highest BCUT2D eigenvalue weighted by Crippen LogP contribution is 2.29. The number of pyridine rings is 1. The molecule has 4 aromatic rings. The maximum absolute atomic E-state index is 12.4. The first kappa shape index (κ1) is 16.6. The SMILES string of the molecule is O=C(Nc1cccnc1)c1ccc2nc(-c3cc(Cl)cc(Cl)c3)oc2c1. The first-order chi connectivity index (χ1) is 12.6. The van der Waals surface area contributed by atoms with Crippen LogP contribution in [0.25, 0.3) is 22.6 Å². The van der Waals surface area contributed by atoms with Crippen molar-refractivity contribution in [2.75, 3.05) is 5.32 Å². The molecule has 0 unspecified atom stereocenters. The molecule has 0 spiro atoms. The number of amides is 1. The first-order valence-electron chi connectivity index (χ1n) is 7.67. The Hall–Kier alpha value is -2.89. The molecule has 0 aliphatic rings. The van der Waals surface area contributed by atoms with Gasteiger partial charge in [0, 0.05) is 27.4 Å². The second-order valence-corrected chi connectivity index (χ2v) is 6.43. The Balaban J connectivity index is 1.66. The average Bonchev–Trinajstić information content (AvgIpc) is 3.05.